The standard InChI is InChI=1S/C11H19N3OS/c1-8(2)5-14-11(15)7-13-6-10-9(12)3-4-16-10/h3-4,8,13H,5-7,12H2,1-2H3,(H,14,15). The van der Waals surface area contributed by atoms with Crippen LogP contribution >= 0.6 is 11.3 Å². The van der Waals surface area contributed by atoms with Crippen LogP contribution in [0.3, 0.4) is 0 Å². The van der Waals surface area contributed by atoms with E-state index in [0.29, 0.717) is 19.0 Å². The molecule has 1 heterocycles. The molecule has 0 aliphatic carbocycles. The zero-order chi connectivity index (χ0) is 12.0. The molecule has 1 rings (SSSR count). The molecule has 0 spiro atoms. The van der Waals surface area contributed by atoms with Gasteiger partial charge in [-0.25, -0.2) is 0 Å². The average molecular weight is 241 g/mol. The van der Waals surface area contributed by atoms with Gasteiger partial charge in [0.25, 0.3) is 0 Å². The van der Waals surface area contributed by atoms with Crippen LogP contribution in [-0.2, 0) is 11.3 Å². The minimum absolute atomic E-state index is 0.0313. The Morgan fingerprint density at radius 3 is 2.88 bits per heavy atom. The molecule has 0 unspecified atom stereocenters. The smallest absolute Gasteiger partial charge is 0.233 e. The highest BCUT2D eigenvalue weighted by Crippen LogP contribution is 2.17. The fourth-order valence-electron chi connectivity index (χ4n) is 1.16. The Kier molecular flexibility index (Phi) is 5.28. The lowest BCUT2D eigenvalue weighted by Gasteiger charge is -2.08. The Labute approximate surface area is 100 Å². The molecule has 0 saturated carbocycles. The molecule has 0 aliphatic heterocycles. The van der Waals surface area contributed by atoms with Crippen molar-refractivity contribution in [1.29, 1.82) is 0 Å². The lowest BCUT2D eigenvalue weighted by atomic mass is 10.2. The van der Waals surface area contributed by atoms with Gasteiger partial charge in [0, 0.05) is 23.7 Å². The summed E-state index contributed by atoms with van der Waals surface area (Å²) >= 11 is 1.60. The van der Waals surface area contributed by atoms with Crippen molar-refractivity contribution in [3.05, 3.63) is 16.3 Å². The lowest BCUT2D eigenvalue weighted by molar-refractivity contribution is -0.120. The van der Waals surface area contributed by atoms with E-state index in [4.69, 9.17) is 5.73 Å². The predicted molar refractivity (Wildman–Crippen MR) is 68.3 cm³/mol. The van der Waals surface area contributed by atoms with Crippen molar-refractivity contribution in [3.63, 3.8) is 0 Å². The molecule has 0 bridgehead atoms. The average Bonchev–Trinajstić information content (AvgIpc) is 2.61. The molecule has 5 heteroatoms. The van der Waals surface area contributed by atoms with Crippen LogP contribution in [0, 0.1) is 5.92 Å². The van der Waals surface area contributed by atoms with Crippen LogP contribution in [0.4, 0.5) is 5.69 Å². The number of thiophene rings is 1. The molecular formula is C11H19N3OS. The van der Waals surface area contributed by atoms with Crippen molar-refractivity contribution in [2.24, 2.45) is 5.92 Å². The minimum atomic E-state index is 0.0313. The lowest BCUT2D eigenvalue weighted by Crippen LogP contribution is -2.35. The third kappa shape index (κ3) is 4.63. The van der Waals surface area contributed by atoms with Crippen LogP contribution in [-0.4, -0.2) is 19.0 Å². The van der Waals surface area contributed by atoms with Crippen LogP contribution in [0.15, 0.2) is 11.4 Å². The van der Waals surface area contributed by atoms with Gasteiger partial charge in [-0.3, -0.25) is 4.79 Å². The first kappa shape index (κ1) is 13.0. The van der Waals surface area contributed by atoms with Crippen molar-refractivity contribution in [3.8, 4) is 0 Å². The first-order valence-electron chi connectivity index (χ1n) is 5.39. The monoisotopic (exact) mass is 241 g/mol. The van der Waals surface area contributed by atoms with Gasteiger partial charge < -0.3 is 16.4 Å². The quantitative estimate of drug-likeness (QED) is 0.701. The number of carbonyl (C=O) groups is 1. The SMILES string of the molecule is CC(C)CNC(=O)CNCc1sccc1N. The van der Waals surface area contributed by atoms with Crippen LogP contribution in [0.2, 0.25) is 0 Å². The van der Waals surface area contributed by atoms with Gasteiger partial charge in [-0.2, -0.15) is 0 Å². The summed E-state index contributed by atoms with van der Waals surface area (Å²) in [6.07, 6.45) is 0. The van der Waals surface area contributed by atoms with Crippen LogP contribution in [0.1, 0.15) is 18.7 Å². The molecule has 0 atom stereocenters. The van der Waals surface area contributed by atoms with Crippen LogP contribution in [0.25, 0.3) is 0 Å². The van der Waals surface area contributed by atoms with Gasteiger partial charge >= 0.3 is 0 Å². The molecule has 0 saturated heterocycles. The number of rotatable bonds is 6. The van der Waals surface area contributed by atoms with Gasteiger partial charge in [0.15, 0.2) is 0 Å². The van der Waals surface area contributed by atoms with Crippen LogP contribution < -0.4 is 16.4 Å². The maximum Gasteiger partial charge on any atom is 0.233 e. The van der Waals surface area contributed by atoms with Crippen LogP contribution in [0.5, 0.6) is 0 Å². The Bertz CT molecular complexity index is 336. The van der Waals surface area contributed by atoms with Crippen molar-refractivity contribution >= 4 is 22.9 Å². The molecule has 0 radical (unpaired) electrons. The first-order valence-corrected chi connectivity index (χ1v) is 6.27. The largest absolute Gasteiger partial charge is 0.398 e. The van der Waals surface area contributed by atoms with E-state index in [1.165, 1.54) is 0 Å². The summed E-state index contributed by atoms with van der Waals surface area (Å²) in [4.78, 5) is 12.4. The number of nitrogens with one attached hydrogen (secondary N) is 2. The molecule has 16 heavy (non-hydrogen) atoms. The molecule has 0 aliphatic rings. The number of anilines is 1. The van der Waals surface area contributed by atoms with Gasteiger partial charge in [-0.15, -0.1) is 11.3 Å². The first-order chi connectivity index (χ1) is 7.59. The molecule has 4 nitrogen and oxygen atoms in total. The fraction of sp³-hybridized carbons (Fsp3) is 0.545. The molecule has 0 fully saturated rings. The number of nitrogens with two attached hydrogens (primary N) is 1. The second-order valence-corrected chi connectivity index (χ2v) is 5.10. The molecule has 1 aromatic rings. The van der Waals surface area contributed by atoms with Gasteiger partial charge in [0.2, 0.25) is 5.91 Å². The van der Waals surface area contributed by atoms with Crippen molar-refractivity contribution < 1.29 is 4.79 Å². The predicted octanol–water partition coefficient (Wildman–Crippen LogP) is 1.19. The van der Waals surface area contributed by atoms with Crippen molar-refractivity contribution in [1.82, 2.24) is 10.6 Å². The van der Waals surface area contributed by atoms with E-state index in [-0.39, 0.29) is 5.91 Å². The number of hydrogen-bond acceptors (Lipinski definition) is 4. The Morgan fingerprint density at radius 1 is 1.56 bits per heavy atom. The summed E-state index contributed by atoms with van der Waals surface area (Å²) in [5, 5.41) is 7.87. The molecule has 90 valence electrons. The second kappa shape index (κ2) is 6.50. The van der Waals surface area contributed by atoms with Crippen molar-refractivity contribution in [2.45, 2.75) is 20.4 Å². The molecular weight excluding hydrogens is 222 g/mol. The van der Waals surface area contributed by atoms with Gasteiger partial charge in [0.05, 0.1) is 6.54 Å². The summed E-state index contributed by atoms with van der Waals surface area (Å²) in [5.41, 5.74) is 6.52. The Hall–Kier alpha value is -1.07. The highest BCUT2D eigenvalue weighted by atomic mass is 32.1. The fourth-order valence-corrected chi connectivity index (χ4v) is 1.93. The summed E-state index contributed by atoms with van der Waals surface area (Å²) in [6.45, 7) is 5.85. The van der Waals surface area contributed by atoms with E-state index in [9.17, 15) is 4.79 Å². The third-order valence-electron chi connectivity index (χ3n) is 2.06. The van der Waals surface area contributed by atoms with E-state index in [1.54, 1.807) is 11.3 Å². The topological polar surface area (TPSA) is 67.2 Å². The zero-order valence-corrected chi connectivity index (χ0v) is 10.6. The Morgan fingerprint density at radius 2 is 2.31 bits per heavy atom. The van der Waals surface area contributed by atoms with Gasteiger partial charge in [-0.1, -0.05) is 13.8 Å². The second-order valence-electron chi connectivity index (χ2n) is 4.10. The minimum Gasteiger partial charge on any atom is -0.398 e. The number of carbonyl (C=O) groups excluding carboxylic acids is 1. The highest BCUT2D eigenvalue weighted by Gasteiger charge is 2.03. The maximum absolute atomic E-state index is 11.4. The van der Waals surface area contributed by atoms with E-state index in [2.05, 4.69) is 24.5 Å². The summed E-state index contributed by atoms with van der Waals surface area (Å²) in [7, 11) is 0. The normalized spacial score (nSPS) is 10.7. The molecule has 1 aromatic heterocycles. The van der Waals surface area contributed by atoms with E-state index < -0.39 is 0 Å². The highest BCUT2D eigenvalue weighted by molar-refractivity contribution is 7.10. The summed E-state index contributed by atoms with van der Waals surface area (Å²) in [6, 6.07) is 1.88. The number of amides is 1. The molecule has 0 aromatic carbocycles. The van der Waals surface area contributed by atoms with E-state index in [1.807, 2.05) is 11.4 Å². The number of hydrogen-bond donors (Lipinski definition) is 3. The van der Waals surface area contributed by atoms with Gasteiger partial charge in [0.1, 0.15) is 0 Å². The third-order valence-corrected chi connectivity index (χ3v) is 3.00. The maximum atomic E-state index is 11.4. The Balaban J connectivity index is 2.16. The van der Waals surface area contributed by atoms with E-state index in [0.717, 1.165) is 17.1 Å². The zero-order valence-electron chi connectivity index (χ0n) is 9.75. The summed E-state index contributed by atoms with van der Waals surface area (Å²) in [5.74, 6) is 0.515. The summed E-state index contributed by atoms with van der Waals surface area (Å²) < 4.78 is 0. The molecule has 1 amide bonds. The van der Waals surface area contributed by atoms with Crippen molar-refractivity contribution in [2.75, 3.05) is 18.8 Å². The van der Waals surface area contributed by atoms with Gasteiger partial charge in [-0.05, 0) is 17.4 Å². The molecule has 4 N–H and O–H groups in total. The van der Waals surface area contributed by atoms with E-state index >= 15 is 0 Å². The number of nitrogen functional groups attached to an aromatic ring is 1.